The highest BCUT2D eigenvalue weighted by Gasteiger charge is 2.40. The molecule has 1 aliphatic heterocycles. The molecule has 270 valence electrons. The lowest BCUT2D eigenvalue weighted by molar-refractivity contribution is -0.149. The van der Waals surface area contributed by atoms with Crippen LogP contribution in [0.2, 0.25) is 0 Å². The third kappa shape index (κ3) is 9.02. The van der Waals surface area contributed by atoms with Crippen LogP contribution in [-0.2, 0) is 19.1 Å². The fraction of sp³-hybridized carbons (Fsp3) is 0.658. The smallest absolute Gasteiger partial charge is 0.320 e. The highest BCUT2D eigenvalue weighted by molar-refractivity contribution is 6.10. The second-order valence-corrected chi connectivity index (χ2v) is 15.2. The minimum absolute atomic E-state index is 0.142. The van der Waals surface area contributed by atoms with Crippen molar-refractivity contribution in [3.63, 3.8) is 0 Å². The lowest BCUT2D eigenvalue weighted by Gasteiger charge is -2.36. The van der Waals surface area contributed by atoms with E-state index >= 15 is 0 Å². The number of anilines is 1. The summed E-state index contributed by atoms with van der Waals surface area (Å²) in [4.78, 5) is 60.2. The molecule has 3 aliphatic rings. The quantitative estimate of drug-likeness (QED) is 0.157. The minimum atomic E-state index is -0.443. The first kappa shape index (κ1) is 37.9. The standard InChI is InChI=1S/C38H57N5O6/c1-11-12-13-39-38(47)43-35-33(49-37(46)31-23(6)16-20(3)17-24(31)7)26(9)29(42-35)18-28-25(8)32(34(41-28)40-27(10)44)48-36(45)30-21(4)14-19(2)15-22(30)5/h18-24,30-31,41H,11-17H2,1-10H3,(H,40,44)(H2,39,42,43,47)/b29-18-. The normalized spacial score (nSPS) is 29.3. The molecule has 3 amide bonds. The van der Waals surface area contributed by atoms with Crippen molar-refractivity contribution in [1.29, 1.82) is 0 Å². The molecule has 49 heavy (non-hydrogen) atoms. The Morgan fingerprint density at radius 2 is 1.37 bits per heavy atom. The monoisotopic (exact) mass is 679 g/mol. The fourth-order valence-corrected chi connectivity index (χ4v) is 8.40. The SMILES string of the molecule is CCCCNC(=O)NC1=N/C(=C\c2[nH]c(NC(C)=O)c(OC(=O)C3C(C)CC(C)CC3C)c2C)C(C)=C1OC(=O)C1C(C)CC(C)CC1C. The molecule has 11 heteroatoms. The van der Waals surface area contributed by atoms with Crippen LogP contribution in [0.1, 0.15) is 112 Å². The lowest BCUT2D eigenvalue weighted by atomic mass is 9.69. The van der Waals surface area contributed by atoms with E-state index in [1.807, 2.05) is 6.92 Å². The Labute approximate surface area is 291 Å². The summed E-state index contributed by atoms with van der Waals surface area (Å²) in [5.41, 5.74) is 2.17. The molecule has 4 atom stereocenters. The molecule has 2 saturated carbocycles. The number of amidine groups is 1. The first-order chi connectivity index (χ1) is 23.1. The molecule has 1 aromatic heterocycles. The van der Waals surface area contributed by atoms with E-state index in [2.05, 4.69) is 62.5 Å². The maximum Gasteiger partial charge on any atom is 0.320 e. The van der Waals surface area contributed by atoms with Gasteiger partial charge in [-0.15, -0.1) is 0 Å². The Morgan fingerprint density at radius 1 is 0.837 bits per heavy atom. The summed E-state index contributed by atoms with van der Waals surface area (Å²) in [5, 5.41) is 8.39. The summed E-state index contributed by atoms with van der Waals surface area (Å²) in [6, 6.07) is -0.443. The van der Waals surface area contributed by atoms with Crippen molar-refractivity contribution < 1.29 is 28.7 Å². The molecule has 0 aromatic carbocycles. The van der Waals surface area contributed by atoms with Gasteiger partial charge in [-0.2, -0.15) is 0 Å². The third-order valence-electron chi connectivity index (χ3n) is 10.5. The van der Waals surface area contributed by atoms with Gasteiger partial charge in [0.1, 0.15) is 0 Å². The largest absolute Gasteiger partial charge is 0.422 e. The van der Waals surface area contributed by atoms with Crippen LogP contribution in [0, 0.1) is 54.3 Å². The van der Waals surface area contributed by atoms with Gasteiger partial charge in [0.15, 0.2) is 23.2 Å². The van der Waals surface area contributed by atoms with Gasteiger partial charge in [-0.25, -0.2) is 9.79 Å². The molecule has 0 bridgehead atoms. The van der Waals surface area contributed by atoms with E-state index in [0.717, 1.165) is 38.5 Å². The van der Waals surface area contributed by atoms with Crippen LogP contribution >= 0.6 is 0 Å². The number of allylic oxidation sites excluding steroid dienone is 1. The van der Waals surface area contributed by atoms with Gasteiger partial charge < -0.3 is 25.1 Å². The molecule has 2 heterocycles. The summed E-state index contributed by atoms with van der Waals surface area (Å²) in [7, 11) is 0. The van der Waals surface area contributed by atoms with Crippen LogP contribution in [0.15, 0.2) is 22.0 Å². The van der Waals surface area contributed by atoms with Crippen molar-refractivity contribution in [2.75, 3.05) is 11.9 Å². The van der Waals surface area contributed by atoms with Crippen molar-refractivity contribution in [3.05, 3.63) is 28.3 Å². The van der Waals surface area contributed by atoms with Crippen LogP contribution in [0.5, 0.6) is 5.75 Å². The molecule has 0 saturated heterocycles. The summed E-state index contributed by atoms with van der Waals surface area (Å²) >= 11 is 0. The van der Waals surface area contributed by atoms with Crippen LogP contribution in [-0.4, -0.2) is 41.2 Å². The molecule has 1 aromatic rings. The summed E-state index contributed by atoms with van der Waals surface area (Å²) < 4.78 is 12.2. The molecule has 4 N–H and O–H groups in total. The van der Waals surface area contributed by atoms with Crippen molar-refractivity contribution >= 4 is 41.6 Å². The van der Waals surface area contributed by atoms with Gasteiger partial charge in [-0.1, -0.05) is 54.9 Å². The predicted octanol–water partition coefficient (Wildman–Crippen LogP) is 7.49. The van der Waals surface area contributed by atoms with Crippen molar-refractivity contribution in [2.24, 2.45) is 52.3 Å². The molecule has 0 spiro atoms. The number of rotatable bonds is 9. The molecule has 2 aliphatic carbocycles. The number of aliphatic imine (C=N–C) groups is 1. The van der Waals surface area contributed by atoms with Crippen LogP contribution < -0.4 is 20.7 Å². The number of aromatic amines is 1. The van der Waals surface area contributed by atoms with E-state index in [9.17, 15) is 19.2 Å². The number of aromatic nitrogens is 1. The molecular formula is C38H57N5O6. The van der Waals surface area contributed by atoms with Gasteiger partial charge in [-0.3, -0.25) is 19.7 Å². The zero-order chi connectivity index (χ0) is 36.2. The highest BCUT2D eigenvalue weighted by Crippen LogP contribution is 2.42. The Kier molecular flexibility index (Phi) is 12.5. The van der Waals surface area contributed by atoms with Gasteiger partial charge in [0.2, 0.25) is 5.91 Å². The Bertz CT molecular complexity index is 1500. The Hall–Kier alpha value is -3.89. The Balaban J connectivity index is 1.68. The van der Waals surface area contributed by atoms with Crippen molar-refractivity contribution in [3.8, 4) is 5.75 Å². The molecular weight excluding hydrogens is 622 g/mol. The number of H-pyrrole nitrogens is 1. The predicted molar refractivity (Wildman–Crippen MR) is 192 cm³/mol. The number of nitrogens with zero attached hydrogens (tertiary/aromatic N) is 1. The number of ether oxygens (including phenoxy) is 2. The van der Waals surface area contributed by atoms with Crippen molar-refractivity contribution in [1.82, 2.24) is 15.6 Å². The third-order valence-corrected chi connectivity index (χ3v) is 10.5. The van der Waals surface area contributed by atoms with E-state index in [1.54, 1.807) is 19.9 Å². The fourth-order valence-electron chi connectivity index (χ4n) is 8.40. The number of nitrogens with one attached hydrogen (secondary N) is 4. The average Bonchev–Trinajstić information content (AvgIpc) is 3.41. The zero-order valence-electron chi connectivity index (χ0n) is 31.0. The molecule has 2 fully saturated rings. The van der Waals surface area contributed by atoms with Gasteiger partial charge in [0, 0.05) is 30.3 Å². The van der Waals surface area contributed by atoms with Crippen LogP contribution in [0.25, 0.3) is 6.08 Å². The van der Waals surface area contributed by atoms with Gasteiger partial charge in [0.05, 0.1) is 17.5 Å². The first-order valence-corrected chi connectivity index (χ1v) is 18.1. The zero-order valence-corrected chi connectivity index (χ0v) is 31.0. The highest BCUT2D eigenvalue weighted by atomic mass is 16.5. The van der Waals surface area contributed by atoms with Crippen LogP contribution in [0.3, 0.4) is 0 Å². The number of hydrogen-bond acceptors (Lipinski definition) is 7. The second kappa shape index (κ2) is 16.2. The second-order valence-electron chi connectivity index (χ2n) is 15.2. The first-order valence-electron chi connectivity index (χ1n) is 18.1. The van der Waals surface area contributed by atoms with E-state index in [-0.39, 0.29) is 76.5 Å². The van der Waals surface area contributed by atoms with Gasteiger partial charge in [-0.05, 0) is 87.5 Å². The number of unbranched alkanes of at least 4 members (excludes halogenated alkanes) is 1. The van der Waals surface area contributed by atoms with Gasteiger partial charge in [0.25, 0.3) is 0 Å². The summed E-state index contributed by atoms with van der Waals surface area (Å²) in [6.45, 7) is 20.3. The van der Waals surface area contributed by atoms with E-state index in [0.29, 0.717) is 40.9 Å². The van der Waals surface area contributed by atoms with Gasteiger partial charge >= 0.3 is 18.0 Å². The lowest BCUT2D eigenvalue weighted by Crippen LogP contribution is -2.41. The number of amides is 3. The van der Waals surface area contributed by atoms with E-state index < -0.39 is 6.03 Å². The van der Waals surface area contributed by atoms with E-state index in [4.69, 9.17) is 14.5 Å². The number of esters is 2. The maximum absolute atomic E-state index is 13.7. The molecule has 4 rings (SSSR count). The molecule has 11 nitrogen and oxygen atoms in total. The van der Waals surface area contributed by atoms with Crippen molar-refractivity contribution in [2.45, 2.75) is 108 Å². The number of carbonyl (C=O) groups excluding carboxylic acids is 4. The Morgan fingerprint density at radius 3 is 1.88 bits per heavy atom. The van der Waals surface area contributed by atoms with E-state index in [1.165, 1.54) is 6.92 Å². The number of carbonyl (C=O) groups is 4. The van der Waals surface area contributed by atoms with Crippen LogP contribution in [0.4, 0.5) is 10.6 Å². The topological polar surface area (TPSA) is 151 Å². The number of urea groups is 1. The molecule has 0 radical (unpaired) electrons. The average molecular weight is 680 g/mol. The number of hydrogen-bond donors (Lipinski definition) is 4. The summed E-state index contributed by atoms with van der Waals surface area (Å²) in [5.74, 6) is 1.12. The maximum atomic E-state index is 13.7. The molecule has 4 unspecified atom stereocenters. The minimum Gasteiger partial charge on any atom is -0.422 e. The summed E-state index contributed by atoms with van der Waals surface area (Å²) in [6.07, 6.45) is 7.29.